The number of carbonyl (C=O) groups excluding carboxylic acids is 1. The molecular weight excluding hydrogens is 669 g/mol. The van der Waals surface area contributed by atoms with Gasteiger partial charge in [0.15, 0.2) is 0 Å². The molecule has 0 unspecified atom stereocenters. The third-order valence-electron chi connectivity index (χ3n) is 9.39. The fourth-order valence-electron chi connectivity index (χ4n) is 6.61. The van der Waals surface area contributed by atoms with Gasteiger partial charge in [0.25, 0.3) is 0 Å². The quantitative estimate of drug-likeness (QED) is 0.112. The lowest BCUT2D eigenvalue weighted by Gasteiger charge is -2.16. The largest absolute Gasteiger partial charge is 0.481 e. The van der Waals surface area contributed by atoms with Gasteiger partial charge in [-0.15, -0.1) is 0 Å². The molecule has 5 aromatic rings. The highest BCUT2D eigenvalue weighted by Gasteiger charge is 2.19. The minimum atomic E-state index is 0.223. The fraction of sp³-hybridized carbons (Fsp3) is 0.375. The number of aromatic nitrogens is 3. The molecule has 262 valence electrons. The summed E-state index contributed by atoms with van der Waals surface area (Å²) >= 11 is 14.3. The Hall–Kier alpha value is -3.79. The predicted molar refractivity (Wildman–Crippen MR) is 203 cm³/mol. The van der Waals surface area contributed by atoms with Crippen molar-refractivity contribution in [2.75, 3.05) is 26.8 Å². The average molecular weight is 715 g/mol. The van der Waals surface area contributed by atoms with Crippen molar-refractivity contribution in [3.63, 3.8) is 0 Å². The first-order chi connectivity index (χ1) is 24.2. The number of fused-ring (bicyclic) bond motifs is 1. The third-order valence-corrected chi connectivity index (χ3v) is 10.2. The second-order valence-corrected chi connectivity index (χ2v) is 14.0. The van der Waals surface area contributed by atoms with E-state index in [4.69, 9.17) is 42.6 Å². The summed E-state index contributed by atoms with van der Waals surface area (Å²) < 4.78 is 13.5. The molecule has 3 aromatic heterocycles. The van der Waals surface area contributed by atoms with Gasteiger partial charge >= 0.3 is 0 Å². The van der Waals surface area contributed by atoms with Crippen molar-refractivity contribution in [3.8, 4) is 39.5 Å². The lowest BCUT2D eigenvalue weighted by atomic mass is 9.98. The van der Waals surface area contributed by atoms with Crippen LogP contribution in [0.4, 0.5) is 0 Å². The van der Waals surface area contributed by atoms with E-state index in [1.54, 1.807) is 14.0 Å². The van der Waals surface area contributed by atoms with Crippen molar-refractivity contribution in [2.24, 2.45) is 13.0 Å². The maximum atomic E-state index is 11.3. The molecular formula is C40H45Cl2N5O3. The van der Waals surface area contributed by atoms with Crippen LogP contribution in [0.5, 0.6) is 5.88 Å². The zero-order chi connectivity index (χ0) is 35.2. The number of nitrogens with one attached hydrogen (secondary N) is 2. The Morgan fingerprint density at radius 3 is 2.26 bits per heavy atom. The number of ether oxygens (including phenoxy) is 2. The molecule has 50 heavy (non-hydrogen) atoms. The van der Waals surface area contributed by atoms with Crippen molar-refractivity contribution < 1.29 is 14.3 Å². The number of carbonyl (C=O) groups is 1. The Balaban J connectivity index is 1.21. The second kappa shape index (κ2) is 16.5. The van der Waals surface area contributed by atoms with E-state index in [2.05, 4.69) is 34.4 Å². The second-order valence-electron chi connectivity index (χ2n) is 13.3. The Labute approximate surface area is 304 Å². The maximum Gasteiger partial charge on any atom is 0.218 e. The third kappa shape index (κ3) is 8.22. The van der Waals surface area contributed by atoms with Gasteiger partial charge in [0.05, 0.1) is 34.6 Å². The first-order valence-corrected chi connectivity index (χ1v) is 18.1. The van der Waals surface area contributed by atoms with Crippen LogP contribution in [0, 0.1) is 5.92 Å². The van der Waals surface area contributed by atoms with Crippen LogP contribution in [0.25, 0.3) is 44.7 Å². The normalized spacial score (nSPS) is 15.1. The molecule has 8 nitrogen and oxygen atoms in total. The van der Waals surface area contributed by atoms with E-state index in [1.807, 2.05) is 61.6 Å². The van der Waals surface area contributed by atoms with Gasteiger partial charge in [0.1, 0.15) is 11.4 Å². The predicted octanol–water partition coefficient (Wildman–Crippen LogP) is 8.65. The van der Waals surface area contributed by atoms with Crippen molar-refractivity contribution in [3.05, 3.63) is 88.0 Å². The van der Waals surface area contributed by atoms with Crippen molar-refractivity contribution in [1.29, 1.82) is 0 Å². The molecule has 2 aromatic carbocycles. The van der Waals surface area contributed by atoms with Crippen LogP contribution in [0.1, 0.15) is 50.7 Å². The smallest absolute Gasteiger partial charge is 0.218 e. The van der Waals surface area contributed by atoms with Crippen LogP contribution in [0.2, 0.25) is 10.0 Å². The Kier molecular flexibility index (Phi) is 11.9. The van der Waals surface area contributed by atoms with Crippen LogP contribution < -0.4 is 15.4 Å². The monoisotopic (exact) mass is 713 g/mol. The average Bonchev–Trinajstić information content (AvgIpc) is 3.75. The van der Waals surface area contributed by atoms with Gasteiger partial charge in [-0.1, -0.05) is 72.6 Å². The summed E-state index contributed by atoms with van der Waals surface area (Å²) in [7, 11) is 3.65. The molecule has 4 heterocycles. The van der Waals surface area contributed by atoms with Gasteiger partial charge in [0.2, 0.25) is 5.88 Å². The van der Waals surface area contributed by atoms with Gasteiger partial charge in [-0.3, -0.25) is 0 Å². The zero-order valence-electron chi connectivity index (χ0n) is 29.2. The lowest BCUT2D eigenvalue weighted by molar-refractivity contribution is -0.117. The van der Waals surface area contributed by atoms with Crippen molar-refractivity contribution >= 4 is 40.0 Å². The SMILES string of the molecule is COc1nc(-c2cccc(-c3cccc(-c4ccc5c(CNC[C@@H]6CCCO6)cn(C)c5n4)c3Cl)c2Cl)ccc1CNC[C@@H](C)CCC(C)=O. The number of nitrogens with zero attached hydrogens (tertiary/aromatic N) is 3. The molecule has 0 aliphatic carbocycles. The number of hydrogen-bond donors (Lipinski definition) is 2. The Bertz CT molecular complexity index is 1970. The highest BCUT2D eigenvalue weighted by molar-refractivity contribution is 6.39. The van der Waals surface area contributed by atoms with E-state index in [-0.39, 0.29) is 5.78 Å². The highest BCUT2D eigenvalue weighted by atomic mass is 35.5. The Morgan fingerprint density at radius 2 is 1.60 bits per heavy atom. The summed E-state index contributed by atoms with van der Waals surface area (Å²) in [6, 6.07) is 20.0. The number of benzene rings is 2. The summed E-state index contributed by atoms with van der Waals surface area (Å²) in [5.74, 6) is 1.15. The molecule has 10 heteroatoms. The topological polar surface area (TPSA) is 90.3 Å². The molecule has 1 saturated heterocycles. The number of methoxy groups -OCH3 is 1. The molecule has 1 aliphatic rings. The van der Waals surface area contributed by atoms with E-state index in [0.29, 0.717) is 46.6 Å². The van der Waals surface area contributed by atoms with Crippen molar-refractivity contribution in [2.45, 2.75) is 58.7 Å². The fourth-order valence-corrected chi connectivity index (χ4v) is 7.26. The summed E-state index contributed by atoms with van der Waals surface area (Å²) in [5.41, 5.74) is 7.79. The van der Waals surface area contributed by atoms with Crippen LogP contribution >= 0.6 is 23.2 Å². The molecule has 2 N–H and O–H groups in total. The lowest BCUT2D eigenvalue weighted by Crippen LogP contribution is -2.25. The number of halogens is 2. The first kappa shape index (κ1) is 36.0. The highest BCUT2D eigenvalue weighted by Crippen LogP contribution is 2.42. The number of aryl methyl sites for hydroxylation is 1. The minimum Gasteiger partial charge on any atom is -0.481 e. The molecule has 1 aliphatic heterocycles. The Morgan fingerprint density at radius 1 is 0.940 bits per heavy atom. The van der Waals surface area contributed by atoms with E-state index < -0.39 is 0 Å². The van der Waals surface area contributed by atoms with Gasteiger partial charge in [-0.25, -0.2) is 9.97 Å². The van der Waals surface area contributed by atoms with Crippen LogP contribution in [-0.4, -0.2) is 53.2 Å². The van der Waals surface area contributed by atoms with E-state index in [9.17, 15) is 4.79 Å². The number of pyridine rings is 2. The van der Waals surface area contributed by atoms with E-state index >= 15 is 0 Å². The van der Waals surface area contributed by atoms with Gasteiger partial charge < -0.3 is 29.5 Å². The molecule has 0 bridgehead atoms. The molecule has 1 fully saturated rings. The maximum absolute atomic E-state index is 11.3. The van der Waals surface area contributed by atoms with Crippen LogP contribution in [-0.2, 0) is 29.7 Å². The van der Waals surface area contributed by atoms with Crippen molar-refractivity contribution in [1.82, 2.24) is 25.2 Å². The zero-order valence-corrected chi connectivity index (χ0v) is 30.7. The minimum absolute atomic E-state index is 0.223. The summed E-state index contributed by atoms with van der Waals surface area (Å²) in [6.07, 6.45) is 6.17. The number of rotatable bonds is 15. The summed E-state index contributed by atoms with van der Waals surface area (Å²) in [5, 5.41) is 9.27. The summed E-state index contributed by atoms with van der Waals surface area (Å²) in [4.78, 5) is 21.2. The summed E-state index contributed by atoms with van der Waals surface area (Å²) in [6.45, 7) is 7.66. The molecule has 6 rings (SSSR count). The van der Waals surface area contributed by atoms with Gasteiger partial charge in [0, 0.05) is 79.1 Å². The van der Waals surface area contributed by atoms with Crippen LogP contribution in [0.15, 0.2) is 66.9 Å². The molecule has 0 spiro atoms. The van der Waals surface area contributed by atoms with Crippen LogP contribution in [0.3, 0.4) is 0 Å². The molecule has 0 amide bonds. The molecule has 2 atom stereocenters. The number of hydrogen-bond acceptors (Lipinski definition) is 7. The van der Waals surface area contributed by atoms with Gasteiger partial charge in [-0.05, 0) is 62.4 Å². The molecule has 0 radical (unpaired) electrons. The number of ketones is 1. The standard InChI is InChI=1S/C40H45Cl2N5O3/c1-25(13-14-26(2)48)20-43-21-27-15-17-36(46-40(27)49-4)34-12-6-10-32(38(34)42)31-9-5-11-33(37(31)41)35-18-16-30-28(24-47(3)39(30)45-35)22-44-23-29-8-7-19-50-29/h5-6,9-12,15-18,24-25,29,43-44H,7-8,13-14,19-23H2,1-4H3/t25-,29-/m0/s1. The first-order valence-electron chi connectivity index (χ1n) is 17.3. The van der Waals surface area contributed by atoms with Gasteiger partial charge in [-0.2, -0.15) is 0 Å². The van der Waals surface area contributed by atoms with E-state index in [0.717, 1.165) is 90.0 Å². The number of Topliss-reactive ketones (excluding diaryl/α,β-unsaturated/α-hetero) is 1. The molecule has 0 saturated carbocycles. The van der Waals surface area contributed by atoms with E-state index in [1.165, 1.54) is 5.56 Å².